The van der Waals surface area contributed by atoms with Crippen molar-refractivity contribution in [1.82, 2.24) is 0 Å². The van der Waals surface area contributed by atoms with Crippen LogP contribution in [-0.2, 0) is 15.0 Å². The van der Waals surface area contributed by atoms with Gasteiger partial charge in [0.1, 0.15) is 0 Å². The Morgan fingerprint density at radius 2 is 1.55 bits per heavy atom. The van der Waals surface area contributed by atoms with E-state index in [4.69, 9.17) is 11.6 Å². The molecule has 1 N–H and O–H groups in total. The molecule has 1 saturated heterocycles. The van der Waals surface area contributed by atoms with Crippen LogP contribution in [0.15, 0.2) is 66.7 Å². The lowest BCUT2D eigenvalue weighted by Crippen LogP contribution is -2.55. The van der Waals surface area contributed by atoms with Crippen molar-refractivity contribution in [3.8, 4) is 0 Å². The fraction of sp³-hybridized carbons (Fsp3) is 0.231. The summed E-state index contributed by atoms with van der Waals surface area (Å²) in [5.41, 5.74) is 4.39. The van der Waals surface area contributed by atoms with Gasteiger partial charge in [-0.1, -0.05) is 66.2 Å². The number of benzene rings is 3. The molecule has 3 aromatic rings. The van der Waals surface area contributed by atoms with Crippen molar-refractivity contribution in [2.75, 3.05) is 11.5 Å². The highest BCUT2D eigenvalue weighted by Gasteiger charge is 2.68. The highest BCUT2D eigenvalue weighted by Crippen LogP contribution is 2.64. The van der Waals surface area contributed by atoms with Crippen LogP contribution in [0, 0.1) is 18.8 Å². The molecule has 4 aliphatic rings. The van der Waals surface area contributed by atoms with Crippen LogP contribution in [0.1, 0.15) is 33.7 Å². The van der Waals surface area contributed by atoms with Gasteiger partial charge >= 0.3 is 0 Å². The van der Waals surface area contributed by atoms with E-state index in [1.807, 2.05) is 61.5 Å². The highest BCUT2D eigenvalue weighted by atomic mass is 35.5. The molecule has 0 radical (unpaired) electrons. The largest absolute Gasteiger partial charge is 0.395 e. The standard InChI is InChI=1S/C26H20ClNO3/c1-14-10-11-15(12-20(14)27)28-24(30)22-21-16-6-2-4-8-18(16)26(13-29,23(22)25(28)31)19-9-5-3-7-17(19)21/h2-12,21-23,29H,13H2,1H3/t21?,22-,23-,26?/m0/s1. The zero-order chi connectivity index (χ0) is 21.5. The van der Waals surface area contributed by atoms with Crippen LogP contribution >= 0.6 is 11.6 Å². The fourth-order valence-corrected chi connectivity index (χ4v) is 6.35. The molecule has 0 spiro atoms. The molecule has 0 saturated carbocycles. The van der Waals surface area contributed by atoms with Crippen LogP contribution in [0.4, 0.5) is 5.69 Å². The number of hydrogen-bond donors (Lipinski definition) is 1. The van der Waals surface area contributed by atoms with Crippen molar-refractivity contribution in [1.29, 1.82) is 0 Å². The zero-order valence-electron chi connectivity index (χ0n) is 16.9. The Balaban J connectivity index is 1.62. The number of carbonyl (C=O) groups is 2. The second-order valence-electron chi connectivity index (χ2n) is 8.73. The Labute approximate surface area is 185 Å². The second kappa shape index (κ2) is 6.28. The van der Waals surface area contributed by atoms with Gasteiger partial charge in [0.15, 0.2) is 0 Å². The highest BCUT2D eigenvalue weighted by molar-refractivity contribution is 6.32. The van der Waals surface area contributed by atoms with Gasteiger partial charge in [-0.05, 0) is 46.9 Å². The van der Waals surface area contributed by atoms with Crippen LogP contribution in [0.3, 0.4) is 0 Å². The lowest BCUT2D eigenvalue weighted by atomic mass is 9.47. The molecular weight excluding hydrogens is 410 g/mol. The molecule has 1 fully saturated rings. The van der Waals surface area contributed by atoms with Gasteiger partial charge in [-0.2, -0.15) is 0 Å². The molecule has 1 aliphatic heterocycles. The number of aryl methyl sites for hydroxylation is 1. The molecule has 5 heteroatoms. The van der Waals surface area contributed by atoms with Gasteiger partial charge in [-0.3, -0.25) is 9.59 Å². The number of anilines is 1. The molecular formula is C26H20ClNO3. The summed E-state index contributed by atoms with van der Waals surface area (Å²) in [6, 6.07) is 21.1. The van der Waals surface area contributed by atoms with Crippen LogP contribution in [0.25, 0.3) is 0 Å². The van der Waals surface area contributed by atoms with Gasteiger partial charge in [-0.25, -0.2) is 4.90 Å². The van der Waals surface area contributed by atoms with E-state index in [9.17, 15) is 14.7 Å². The maximum Gasteiger partial charge on any atom is 0.239 e. The third-order valence-electron chi connectivity index (χ3n) is 7.46. The molecule has 1 heterocycles. The van der Waals surface area contributed by atoms with Gasteiger partial charge < -0.3 is 5.11 Å². The number of hydrogen-bond acceptors (Lipinski definition) is 3. The van der Waals surface area contributed by atoms with Crippen LogP contribution < -0.4 is 4.90 Å². The third kappa shape index (κ3) is 2.14. The SMILES string of the molecule is Cc1ccc(N2C(=O)[C@@H]3[C@@H](C2=O)C2c4ccccc4C3(CO)c3ccccc32)cc1Cl. The van der Waals surface area contributed by atoms with E-state index in [2.05, 4.69) is 0 Å². The molecule has 3 aliphatic carbocycles. The molecule has 2 atom stereocenters. The van der Waals surface area contributed by atoms with Gasteiger partial charge in [0.05, 0.1) is 29.5 Å². The maximum absolute atomic E-state index is 13.9. The first-order chi connectivity index (χ1) is 15.0. The van der Waals surface area contributed by atoms with Crippen molar-refractivity contribution in [3.63, 3.8) is 0 Å². The lowest BCUT2D eigenvalue weighted by molar-refractivity contribution is -0.124. The van der Waals surface area contributed by atoms with Crippen LogP contribution in [0.5, 0.6) is 0 Å². The number of rotatable bonds is 2. The minimum atomic E-state index is -0.942. The number of aliphatic hydroxyl groups is 1. The van der Waals surface area contributed by atoms with Crippen molar-refractivity contribution >= 4 is 29.1 Å². The monoisotopic (exact) mass is 429 g/mol. The first-order valence-corrected chi connectivity index (χ1v) is 10.8. The van der Waals surface area contributed by atoms with E-state index >= 15 is 0 Å². The summed E-state index contributed by atoms with van der Waals surface area (Å²) >= 11 is 6.32. The molecule has 2 amide bonds. The van der Waals surface area contributed by atoms with E-state index in [0.29, 0.717) is 10.7 Å². The molecule has 154 valence electrons. The Hall–Kier alpha value is -2.95. The summed E-state index contributed by atoms with van der Waals surface area (Å²) in [6.45, 7) is 1.64. The predicted molar refractivity (Wildman–Crippen MR) is 118 cm³/mol. The number of imide groups is 1. The number of carbonyl (C=O) groups excluding carboxylic acids is 2. The van der Waals surface area contributed by atoms with Crippen molar-refractivity contribution in [2.45, 2.75) is 18.3 Å². The van der Waals surface area contributed by atoms with Crippen molar-refractivity contribution in [2.24, 2.45) is 11.8 Å². The van der Waals surface area contributed by atoms with Gasteiger partial charge in [-0.15, -0.1) is 0 Å². The van der Waals surface area contributed by atoms with Gasteiger partial charge in [0.2, 0.25) is 11.8 Å². The lowest BCUT2D eigenvalue weighted by Gasteiger charge is -2.53. The molecule has 3 aromatic carbocycles. The first kappa shape index (κ1) is 18.8. The van der Waals surface area contributed by atoms with E-state index in [1.165, 1.54) is 4.90 Å². The van der Waals surface area contributed by atoms with E-state index in [-0.39, 0.29) is 24.3 Å². The Bertz CT molecular complexity index is 1240. The summed E-state index contributed by atoms with van der Waals surface area (Å²) in [6.07, 6.45) is 0. The number of halogens is 1. The van der Waals surface area contributed by atoms with Crippen LogP contribution in [0.2, 0.25) is 5.02 Å². The maximum atomic E-state index is 13.9. The summed E-state index contributed by atoms with van der Waals surface area (Å²) in [5.74, 6) is -1.91. The second-order valence-corrected chi connectivity index (χ2v) is 9.14. The molecule has 31 heavy (non-hydrogen) atoms. The zero-order valence-corrected chi connectivity index (χ0v) is 17.6. The van der Waals surface area contributed by atoms with E-state index < -0.39 is 17.3 Å². The number of aliphatic hydroxyl groups excluding tert-OH is 1. The Morgan fingerprint density at radius 3 is 2.13 bits per heavy atom. The van der Waals surface area contributed by atoms with Crippen molar-refractivity contribution < 1.29 is 14.7 Å². The number of amides is 2. The summed E-state index contributed by atoms with van der Waals surface area (Å²) in [4.78, 5) is 29.0. The minimum Gasteiger partial charge on any atom is -0.395 e. The smallest absolute Gasteiger partial charge is 0.239 e. The van der Waals surface area contributed by atoms with Gasteiger partial charge in [0.25, 0.3) is 0 Å². The minimum absolute atomic E-state index is 0.215. The predicted octanol–water partition coefficient (Wildman–Crippen LogP) is 4.19. The molecule has 2 bridgehead atoms. The average Bonchev–Trinajstić information content (AvgIpc) is 3.07. The average molecular weight is 430 g/mol. The van der Waals surface area contributed by atoms with E-state index in [0.717, 1.165) is 27.8 Å². The Kier molecular flexibility index (Phi) is 3.81. The van der Waals surface area contributed by atoms with Crippen molar-refractivity contribution in [3.05, 3.63) is 99.6 Å². The molecule has 7 rings (SSSR count). The first-order valence-electron chi connectivity index (χ1n) is 10.4. The van der Waals surface area contributed by atoms with Gasteiger partial charge in [0, 0.05) is 10.9 Å². The molecule has 0 aromatic heterocycles. The van der Waals surface area contributed by atoms with E-state index in [1.54, 1.807) is 12.1 Å². The topological polar surface area (TPSA) is 57.6 Å². The molecule has 4 nitrogen and oxygen atoms in total. The molecule has 0 unspecified atom stereocenters. The normalized spacial score (nSPS) is 27.8. The third-order valence-corrected chi connectivity index (χ3v) is 7.86. The summed E-state index contributed by atoms with van der Waals surface area (Å²) in [7, 11) is 0. The fourth-order valence-electron chi connectivity index (χ4n) is 6.17. The number of nitrogens with zero attached hydrogens (tertiary/aromatic N) is 1. The van der Waals surface area contributed by atoms with Crippen LogP contribution in [-0.4, -0.2) is 23.5 Å². The quantitative estimate of drug-likeness (QED) is 0.621. The summed E-state index contributed by atoms with van der Waals surface area (Å²) < 4.78 is 0. The Morgan fingerprint density at radius 1 is 0.935 bits per heavy atom. The summed E-state index contributed by atoms with van der Waals surface area (Å²) in [5, 5.41) is 11.4.